The standard InChI is InChI=1S/C11H23ClO/c1-4-5-8-11(2,3)10(13)7-6-9-12/h10,13H,4-9H2,1-3H3. The number of aliphatic hydroxyl groups excluding tert-OH is 1. The third kappa shape index (κ3) is 5.53. The second-order valence-corrected chi connectivity index (χ2v) is 4.82. The van der Waals surface area contributed by atoms with Gasteiger partial charge in [-0.25, -0.2) is 0 Å². The van der Waals surface area contributed by atoms with Gasteiger partial charge in [-0.05, 0) is 24.7 Å². The van der Waals surface area contributed by atoms with E-state index in [-0.39, 0.29) is 11.5 Å². The highest BCUT2D eigenvalue weighted by Gasteiger charge is 2.26. The summed E-state index contributed by atoms with van der Waals surface area (Å²) in [4.78, 5) is 0. The first kappa shape index (κ1) is 13.2. The Bertz CT molecular complexity index is 123. The van der Waals surface area contributed by atoms with Gasteiger partial charge in [0.2, 0.25) is 0 Å². The van der Waals surface area contributed by atoms with Crippen molar-refractivity contribution >= 4 is 11.6 Å². The van der Waals surface area contributed by atoms with Crippen molar-refractivity contribution in [2.24, 2.45) is 5.41 Å². The van der Waals surface area contributed by atoms with Gasteiger partial charge in [-0.15, -0.1) is 11.6 Å². The lowest BCUT2D eigenvalue weighted by molar-refractivity contribution is 0.0354. The summed E-state index contributed by atoms with van der Waals surface area (Å²) >= 11 is 5.59. The van der Waals surface area contributed by atoms with Gasteiger partial charge in [-0.2, -0.15) is 0 Å². The van der Waals surface area contributed by atoms with Gasteiger partial charge in [-0.1, -0.05) is 33.6 Å². The van der Waals surface area contributed by atoms with Crippen LogP contribution in [-0.4, -0.2) is 17.1 Å². The highest BCUT2D eigenvalue weighted by molar-refractivity contribution is 6.17. The van der Waals surface area contributed by atoms with Crippen molar-refractivity contribution in [3.05, 3.63) is 0 Å². The molecule has 80 valence electrons. The van der Waals surface area contributed by atoms with Crippen molar-refractivity contribution in [2.45, 2.75) is 59.0 Å². The van der Waals surface area contributed by atoms with Crippen LogP contribution in [0.4, 0.5) is 0 Å². The van der Waals surface area contributed by atoms with Gasteiger partial charge in [0, 0.05) is 5.88 Å². The van der Waals surface area contributed by atoms with Crippen molar-refractivity contribution in [1.82, 2.24) is 0 Å². The van der Waals surface area contributed by atoms with E-state index in [1.807, 2.05) is 0 Å². The lowest BCUT2D eigenvalue weighted by Gasteiger charge is -2.30. The normalized spacial score (nSPS) is 14.5. The van der Waals surface area contributed by atoms with Gasteiger partial charge in [-0.3, -0.25) is 0 Å². The molecule has 13 heavy (non-hydrogen) atoms. The van der Waals surface area contributed by atoms with Crippen LogP contribution in [0, 0.1) is 5.41 Å². The summed E-state index contributed by atoms with van der Waals surface area (Å²) in [5, 5.41) is 9.88. The fraction of sp³-hybridized carbons (Fsp3) is 1.00. The number of hydrogen-bond acceptors (Lipinski definition) is 1. The fourth-order valence-corrected chi connectivity index (χ4v) is 1.61. The SMILES string of the molecule is CCCCC(C)(C)C(O)CCCCl. The molecular formula is C11H23ClO. The van der Waals surface area contributed by atoms with Gasteiger partial charge >= 0.3 is 0 Å². The average Bonchev–Trinajstić information content (AvgIpc) is 2.10. The third-order valence-electron chi connectivity index (χ3n) is 2.69. The highest BCUT2D eigenvalue weighted by atomic mass is 35.5. The van der Waals surface area contributed by atoms with Gasteiger partial charge in [0.05, 0.1) is 6.10 Å². The van der Waals surface area contributed by atoms with Crippen LogP contribution in [0.2, 0.25) is 0 Å². The highest BCUT2D eigenvalue weighted by Crippen LogP contribution is 2.30. The Balaban J connectivity index is 3.80. The molecule has 0 saturated carbocycles. The van der Waals surface area contributed by atoms with Crippen LogP contribution < -0.4 is 0 Å². The molecule has 0 heterocycles. The van der Waals surface area contributed by atoms with Crippen LogP contribution in [-0.2, 0) is 0 Å². The molecule has 0 spiro atoms. The average molecular weight is 207 g/mol. The predicted molar refractivity (Wildman–Crippen MR) is 59.3 cm³/mol. The zero-order valence-electron chi connectivity index (χ0n) is 9.15. The molecule has 0 radical (unpaired) electrons. The lowest BCUT2D eigenvalue weighted by Crippen LogP contribution is -2.29. The second-order valence-electron chi connectivity index (χ2n) is 4.44. The zero-order chi connectivity index (χ0) is 10.3. The lowest BCUT2D eigenvalue weighted by atomic mass is 9.80. The van der Waals surface area contributed by atoms with Crippen LogP contribution in [0.25, 0.3) is 0 Å². The van der Waals surface area contributed by atoms with Crippen molar-refractivity contribution < 1.29 is 5.11 Å². The van der Waals surface area contributed by atoms with E-state index in [1.54, 1.807) is 0 Å². The summed E-state index contributed by atoms with van der Waals surface area (Å²) in [5.41, 5.74) is 0.0576. The topological polar surface area (TPSA) is 20.2 Å². The van der Waals surface area contributed by atoms with Crippen LogP contribution in [0.1, 0.15) is 52.9 Å². The van der Waals surface area contributed by atoms with Crippen LogP contribution in [0.5, 0.6) is 0 Å². The van der Waals surface area contributed by atoms with Crippen molar-refractivity contribution in [3.63, 3.8) is 0 Å². The minimum atomic E-state index is -0.196. The van der Waals surface area contributed by atoms with Crippen LogP contribution in [0.3, 0.4) is 0 Å². The molecular weight excluding hydrogens is 184 g/mol. The molecule has 0 aromatic rings. The monoisotopic (exact) mass is 206 g/mol. The Morgan fingerprint density at radius 2 is 1.92 bits per heavy atom. The van der Waals surface area contributed by atoms with Crippen LogP contribution in [0.15, 0.2) is 0 Å². The fourth-order valence-electron chi connectivity index (χ4n) is 1.46. The molecule has 0 aromatic heterocycles. The first-order valence-corrected chi connectivity index (χ1v) is 5.82. The van der Waals surface area contributed by atoms with Gasteiger partial charge in [0.25, 0.3) is 0 Å². The first-order chi connectivity index (χ1) is 6.04. The second kappa shape index (κ2) is 6.67. The smallest absolute Gasteiger partial charge is 0.0591 e. The predicted octanol–water partition coefficient (Wildman–Crippen LogP) is 3.58. The number of alkyl halides is 1. The summed E-state index contributed by atoms with van der Waals surface area (Å²) in [6.45, 7) is 6.46. The zero-order valence-corrected chi connectivity index (χ0v) is 9.90. The van der Waals surface area contributed by atoms with E-state index < -0.39 is 0 Å². The van der Waals surface area contributed by atoms with E-state index in [0.717, 1.165) is 19.3 Å². The van der Waals surface area contributed by atoms with E-state index >= 15 is 0 Å². The molecule has 0 saturated heterocycles. The molecule has 0 rings (SSSR count). The van der Waals surface area contributed by atoms with E-state index in [1.165, 1.54) is 12.8 Å². The molecule has 0 fully saturated rings. The summed E-state index contributed by atoms with van der Waals surface area (Å²) in [5.74, 6) is 0.654. The molecule has 1 nitrogen and oxygen atoms in total. The van der Waals surface area contributed by atoms with E-state index in [4.69, 9.17) is 11.6 Å². The molecule has 2 heteroatoms. The number of unbranched alkanes of at least 4 members (excludes halogenated alkanes) is 1. The Hall–Kier alpha value is 0.250. The van der Waals surface area contributed by atoms with Crippen molar-refractivity contribution in [3.8, 4) is 0 Å². The van der Waals surface area contributed by atoms with E-state index in [9.17, 15) is 5.11 Å². The van der Waals surface area contributed by atoms with Crippen molar-refractivity contribution in [1.29, 1.82) is 0 Å². The molecule has 1 unspecified atom stereocenters. The minimum Gasteiger partial charge on any atom is -0.393 e. The Labute approximate surface area is 87.5 Å². The number of hydrogen-bond donors (Lipinski definition) is 1. The van der Waals surface area contributed by atoms with Gasteiger partial charge < -0.3 is 5.11 Å². The third-order valence-corrected chi connectivity index (χ3v) is 2.96. The summed E-state index contributed by atoms with van der Waals surface area (Å²) in [6, 6.07) is 0. The molecule has 0 aliphatic carbocycles. The Morgan fingerprint density at radius 3 is 2.38 bits per heavy atom. The number of aliphatic hydroxyl groups is 1. The molecule has 0 amide bonds. The molecule has 1 N–H and O–H groups in total. The maximum absolute atomic E-state index is 9.88. The van der Waals surface area contributed by atoms with Gasteiger partial charge in [0.1, 0.15) is 0 Å². The largest absolute Gasteiger partial charge is 0.393 e. The van der Waals surface area contributed by atoms with Gasteiger partial charge in [0.15, 0.2) is 0 Å². The summed E-state index contributed by atoms with van der Waals surface area (Å²) in [7, 11) is 0. The maximum Gasteiger partial charge on any atom is 0.0591 e. The molecule has 0 aliphatic heterocycles. The minimum absolute atomic E-state index is 0.0576. The first-order valence-electron chi connectivity index (χ1n) is 5.28. The maximum atomic E-state index is 9.88. The number of halogens is 1. The summed E-state index contributed by atoms with van der Waals surface area (Å²) < 4.78 is 0. The number of rotatable bonds is 7. The Kier molecular flexibility index (Phi) is 6.79. The van der Waals surface area contributed by atoms with E-state index in [0.29, 0.717) is 5.88 Å². The molecule has 1 atom stereocenters. The molecule has 0 aromatic carbocycles. The molecule has 0 bridgehead atoms. The molecule has 0 aliphatic rings. The van der Waals surface area contributed by atoms with E-state index in [2.05, 4.69) is 20.8 Å². The Morgan fingerprint density at radius 1 is 1.31 bits per heavy atom. The van der Waals surface area contributed by atoms with Crippen LogP contribution >= 0.6 is 11.6 Å². The van der Waals surface area contributed by atoms with Crippen molar-refractivity contribution in [2.75, 3.05) is 5.88 Å². The summed E-state index contributed by atoms with van der Waals surface area (Å²) in [6.07, 6.45) is 5.06. The quantitative estimate of drug-likeness (QED) is 0.632.